The molecule has 0 aliphatic carbocycles. The monoisotopic (exact) mass is 254 g/mol. The molecule has 0 radical (unpaired) electrons. The smallest absolute Gasteiger partial charge is 0.234 e. The first-order valence-electron chi connectivity index (χ1n) is 5.82. The van der Waals surface area contributed by atoms with Crippen LogP contribution in [0.1, 0.15) is 19.4 Å². The summed E-state index contributed by atoms with van der Waals surface area (Å²) < 4.78 is 0. The molecule has 1 rings (SSSR count). The Balaban J connectivity index is 2.16. The minimum atomic E-state index is 0.0381. The predicted molar refractivity (Wildman–Crippen MR) is 71.3 cm³/mol. The zero-order valence-electron chi connectivity index (χ0n) is 10.3. The van der Waals surface area contributed by atoms with Gasteiger partial charge in [0.25, 0.3) is 0 Å². The maximum Gasteiger partial charge on any atom is 0.234 e. The van der Waals surface area contributed by atoms with E-state index < -0.39 is 0 Å². The lowest BCUT2D eigenvalue weighted by Gasteiger charge is -2.09. The van der Waals surface area contributed by atoms with E-state index >= 15 is 0 Å². The van der Waals surface area contributed by atoms with Gasteiger partial charge in [-0.2, -0.15) is 0 Å². The third-order valence-corrected chi connectivity index (χ3v) is 2.49. The summed E-state index contributed by atoms with van der Waals surface area (Å²) in [6.07, 6.45) is 0.895. The highest BCUT2D eigenvalue weighted by Crippen LogP contribution is 2.09. The van der Waals surface area contributed by atoms with Crippen LogP contribution in [0.3, 0.4) is 0 Å². The Morgan fingerprint density at radius 2 is 1.94 bits per heavy atom. The van der Waals surface area contributed by atoms with E-state index in [1.54, 1.807) is 0 Å². The number of benzene rings is 1. The van der Waals surface area contributed by atoms with E-state index in [0.29, 0.717) is 6.54 Å². The number of carbonyl (C=O) groups is 1. The van der Waals surface area contributed by atoms with Crippen LogP contribution in [-0.4, -0.2) is 25.0 Å². The maximum atomic E-state index is 11.3. The molecular weight excluding hydrogens is 236 g/mol. The summed E-state index contributed by atoms with van der Waals surface area (Å²) in [5.41, 5.74) is 1.21. The molecule has 1 aromatic carbocycles. The molecule has 0 aliphatic rings. The summed E-state index contributed by atoms with van der Waals surface area (Å²) in [7, 11) is 0. The lowest BCUT2D eigenvalue weighted by Crippen LogP contribution is -2.38. The second-order valence-corrected chi connectivity index (χ2v) is 4.71. The fourth-order valence-corrected chi connectivity index (χ4v) is 1.58. The normalized spacial score (nSPS) is 10.6. The fraction of sp³-hybridized carbons (Fsp3) is 0.462. The van der Waals surface area contributed by atoms with Gasteiger partial charge >= 0.3 is 0 Å². The van der Waals surface area contributed by atoms with Gasteiger partial charge in [-0.15, -0.1) is 0 Å². The number of hydrogen-bond acceptors (Lipinski definition) is 2. The van der Waals surface area contributed by atoms with Gasteiger partial charge < -0.3 is 10.6 Å². The molecule has 3 nitrogen and oxygen atoms in total. The van der Waals surface area contributed by atoms with Crippen LogP contribution in [0.4, 0.5) is 0 Å². The lowest BCUT2D eigenvalue weighted by atomic mass is 10.1. The van der Waals surface area contributed by atoms with E-state index in [1.165, 1.54) is 5.56 Å². The van der Waals surface area contributed by atoms with Crippen LogP contribution in [0.25, 0.3) is 0 Å². The van der Waals surface area contributed by atoms with Crippen molar-refractivity contribution in [3.8, 4) is 0 Å². The summed E-state index contributed by atoms with van der Waals surface area (Å²) in [5.74, 6) is 0.0381. The molecule has 0 saturated carbocycles. The molecule has 0 unspecified atom stereocenters. The van der Waals surface area contributed by atoms with Gasteiger partial charge in [0, 0.05) is 11.1 Å². The molecule has 94 valence electrons. The van der Waals surface area contributed by atoms with Crippen molar-refractivity contribution in [1.82, 2.24) is 10.6 Å². The van der Waals surface area contributed by atoms with Crippen LogP contribution < -0.4 is 10.6 Å². The Bertz CT molecular complexity index is 349. The molecule has 0 fully saturated rings. The molecular formula is C13H19ClN2O. The van der Waals surface area contributed by atoms with Crippen LogP contribution in [0.2, 0.25) is 5.02 Å². The van der Waals surface area contributed by atoms with Crippen LogP contribution in [-0.2, 0) is 11.2 Å². The van der Waals surface area contributed by atoms with E-state index in [2.05, 4.69) is 10.6 Å². The van der Waals surface area contributed by atoms with Crippen molar-refractivity contribution < 1.29 is 4.79 Å². The number of amides is 1. The average Bonchev–Trinajstić information content (AvgIpc) is 2.26. The molecule has 0 saturated heterocycles. The summed E-state index contributed by atoms with van der Waals surface area (Å²) in [6.45, 7) is 5.05. The molecule has 4 heteroatoms. The number of carbonyl (C=O) groups excluding carboxylic acids is 1. The molecule has 17 heavy (non-hydrogen) atoms. The third-order valence-electron chi connectivity index (χ3n) is 2.24. The largest absolute Gasteiger partial charge is 0.353 e. The Kier molecular flexibility index (Phi) is 6.01. The summed E-state index contributed by atoms with van der Waals surface area (Å²) >= 11 is 5.79. The van der Waals surface area contributed by atoms with Crippen LogP contribution >= 0.6 is 11.6 Å². The standard InChI is InChI=1S/C13H19ClN2O/c1-10(2)16-13(17)9-15-8-7-11-3-5-12(14)6-4-11/h3-6,10,15H,7-9H2,1-2H3,(H,16,17). The molecule has 0 aromatic heterocycles. The highest BCUT2D eigenvalue weighted by Gasteiger charge is 2.01. The SMILES string of the molecule is CC(C)NC(=O)CNCCc1ccc(Cl)cc1. The number of nitrogens with one attached hydrogen (secondary N) is 2. The lowest BCUT2D eigenvalue weighted by molar-refractivity contribution is -0.120. The maximum absolute atomic E-state index is 11.3. The highest BCUT2D eigenvalue weighted by molar-refractivity contribution is 6.30. The van der Waals surface area contributed by atoms with E-state index in [0.717, 1.165) is 18.0 Å². The van der Waals surface area contributed by atoms with Crippen molar-refractivity contribution >= 4 is 17.5 Å². The van der Waals surface area contributed by atoms with Crippen LogP contribution in [0.5, 0.6) is 0 Å². The highest BCUT2D eigenvalue weighted by atomic mass is 35.5. The van der Waals surface area contributed by atoms with E-state index in [4.69, 9.17) is 11.6 Å². The van der Waals surface area contributed by atoms with Gasteiger partial charge in [-0.25, -0.2) is 0 Å². The van der Waals surface area contributed by atoms with Crippen molar-refractivity contribution in [2.45, 2.75) is 26.3 Å². The van der Waals surface area contributed by atoms with Gasteiger partial charge in [-0.05, 0) is 44.5 Å². The Hall–Kier alpha value is -1.06. The van der Waals surface area contributed by atoms with Crippen LogP contribution in [0, 0.1) is 0 Å². The number of rotatable bonds is 6. The molecule has 1 aromatic rings. The van der Waals surface area contributed by atoms with Gasteiger partial charge in [-0.3, -0.25) is 4.79 Å². The first kappa shape index (κ1) is 14.0. The summed E-state index contributed by atoms with van der Waals surface area (Å²) in [4.78, 5) is 11.3. The van der Waals surface area contributed by atoms with Gasteiger partial charge in [0.15, 0.2) is 0 Å². The first-order chi connectivity index (χ1) is 8.08. The van der Waals surface area contributed by atoms with Crippen molar-refractivity contribution in [3.63, 3.8) is 0 Å². The van der Waals surface area contributed by atoms with E-state index in [-0.39, 0.29) is 11.9 Å². The summed E-state index contributed by atoms with van der Waals surface area (Å²) in [6, 6.07) is 7.95. The first-order valence-corrected chi connectivity index (χ1v) is 6.20. The van der Waals surface area contributed by atoms with E-state index in [1.807, 2.05) is 38.1 Å². The van der Waals surface area contributed by atoms with Gasteiger partial charge in [0.05, 0.1) is 6.54 Å². The average molecular weight is 255 g/mol. The second kappa shape index (κ2) is 7.30. The molecule has 0 atom stereocenters. The Labute approximate surface area is 108 Å². The number of halogens is 1. The Morgan fingerprint density at radius 1 is 1.29 bits per heavy atom. The zero-order valence-corrected chi connectivity index (χ0v) is 11.1. The fourth-order valence-electron chi connectivity index (χ4n) is 1.46. The topological polar surface area (TPSA) is 41.1 Å². The third kappa shape index (κ3) is 6.29. The van der Waals surface area contributed by atoms with Crippen molar-refractivity contribution in [2.75, 3.05) is 13.1 Å². The number of hydrogen-bond donors (Lipinski definition) is 2. The minimum absolute atomic E-state index is 0.0381. The van der Waals surface area contributed by atoms with Crippen molar-refractivity contribution in [3.05, 3.63) is 34.9 Å². The van der Waals surface area contributed by atoms with Gasteiger partial charge in [0.1, 0.15) is 0 Å². The van der Waals surface area contributed by atoms with Gasteiger partial charge in [0.2, 0.25) is 5.91 Å². The molecule has 0 heterocycles. The second-order valence-electron chi connectivity index (χ2n) is 4.28. The molecule has 1 amide bonds. The van der Waals surface area contributed by atoms with Crippen molar-refractivity contribution in [1.29, 1.82) is 0 Å². The van der Waals surface area contributed by atoms with E-state index in [9.17, 15) is 4.79 Å². The van der Waals surface area contributed by atoms with Gasteiger partial charge in [-0.1, -0.05) is 23.7 Å². The summed E-state index contributed by atoms with van der Waals surface area (Å²) in [5, 5.41) is 6.69. The van der Waals surface area contributed by atoms with Crippen LogP contribution in [0.15, 0.2) is 24.3 Å². The molecule has 0 bridgehead atoms. The quantitative estimate of drug-likeness (QED) is 0.763. The molecule has 0 spiro atoms. The predicted octanol–water partition coefficient (Wildman–Crippen LogP) is 2.00. The zero-order chi connectivity index (χ0) is 12.7. The van der Waals surface area contributed by atoms with Crippen molar-refractivity contribution in [2.24, 2.45) is 0 Å². The molecule has 0 aliphatic heterocycles. The molecule has 2 N–H and O–H groups in total. The minimum Gasteiger partial charge on any atom is -0.353 e. The Morgan fingerprint density at radius 3 is 2.53 bits per heavy atom.